The first-order valence-electron chi connectivity index (χ1n) is 4.69. The van der Waals surface area contributed by atoms with Crippen molar-refractivity contribution in [2.45, 2.75) is 40.5 Å². The van der Waals surface area contributed by atoms with Crippen molar-refractivity contribution in [1.82, 2.24) is 0 Å². The van der Waals surface area contributed by atoms with Gasteiger partial charge in [-0.1, -0.05) is 39.8 Å². The highest BCUT2D eigenvalue weighted by molar-refractivity contribution is 5.07. The molecule has 11 heavy (non-hydrogen) atoms. The molecule has 0 nitrogen and oxygen atoms in total. The monoisotopic (exact) mass is 152 g/mol. The maximum atomic E-state index is 2.40. The Hall–Kier alpha value is -0.260. The minimum atomic E-state index is 0.619. The van der Waals surface area contributed by atoms with E-state index < -0.39 is 0 Å². The van der Waals surface area contributed by atoms with Crippen molar-refractivity contribution in [2.24, 2.45) is 17.3 Å². The van der Waals surface area contributed by atoms with Crippen molar-refractivity contribution < 1.29 is 0 Å². The lowest BCUT2D eigenvalue weighted by atomic mass is 10.1. The third-order valence-electron chi connectivity index (χ3n) is 2.57. The Morgan fingerprint density at radius 1 is 1.45 bits per heavy atom. The lowest BCUT2D eigenvalue weighted by Crippen LogP contribution is -1.87. The maximum Gasteiger partial charge on any atom is -0.0177 e. The van der Waals surface area contributed by atoms with Gasteiger partial charge in [0.1, 0.15) is 0 Å². The third-order valence-corrected chi connectivity index (χ3v) is 2.57. The van der Waals surface area contributed by atoms with Crippen LogP contribution in [0.3, 0.4) is 0 Å². The van der Waals surface area contributed by atoms with Gasteiger partial charge in [0.25, 0.3) is 0 Å². The van der Waals surface area contributed by atoms with Crippen LogP contribution in [0.15, 0.2) is 12.2 Å². The molecule has 1 aliphatic rings. The van der Waals surface area contributed by atoms with Crippen molar-refractivity contribution in [3.05, 3.63) is 12.2 Å². The van der Waals surface area contributed by atoms with Crippen molar-refractivity contribution in [1.29, 1.82) is 0 Å². The van der Waals surface area contributed by atoms with Crippen LogP contribution in [-0.2, 0) is 0 Å². The van der Waals surface area contributed by atoms with Crippen molar-refractivity contribution in [3.63, 3.8) is 0 Å². The van der Waals surface area contributed by atoms with Gasteiger partial charge in [0, 0.05) is 0 Å². The molecule has 0 heterocycles. The summed E-state index contributed by atoms with van der Waals surface area (Å²) < 4.78 is 0. The predicted molar refractivity (Wildman–Crippen MR) is 50.5 cm³/mol. The fourth-order valence-electron chi connectivity index (χ4n) is 1.35. The Morgan fingerprint density at radius 3 is 2.36 bits per heavy atom. The number of allylic oxidation sites excluding steroid dienone is 2. The summed E-state index contributed by atoms with van der Waals surface area (Å²) in [6.07, 6.45) is 7.39. The van der Waals surface area contributed by atoms with Gasteiger partial charge >= 0.3 is 0 Å². The first-order valence-corrected chi connectivity index (χ1v) is 4.69. The van der Waals surface area contributed by atoms with E-state index in [4.69, 9.17) is 0 Å². The second-order valence-electron chi connectivity index (χ2n) is 4.86. The lowest BCUT2D eigenvalue weighted by Gasteiger charge is -1.98. The van der Waals surface area contributed by atoms with Crippen LogP contribution in [0.2, 0.25) is 0 Å². The summed E-state index contributed by atoms with van der Waals surface area (Å²) in [6, 6.07) is 0. The zero-order valence-corrected chi connectivity index (χ0v) is 8.22. The number of hydrogen-bond donors (Lipinski definition) is 0. The molecule has 64 valence electrons. The molecule has 0 spiro atoms. The Bertz CT molecular complexity index is 151. The third kappa shape index (κ3) is 2.69. The van der Waals surface area contributed by atoms with Crippen LogP contribution < -0.4 is 0 Å². The van der Waals surface area contributed by atoms with Crippen LogP contribution in [0, 0.1) is 17.3 Å². The van der Waals surface area contributed by atoms with Crippen LogP contribution in [0.5, 0.6) is 0 Å². The van der Waals surface area contributed by atoms with Gasteiger partial charge in [-0.05, 0) is 30.1 Å². The Morgan fingerprint density at radius 2 is 2.00 bits per heavy atom. The van der Waals surface area contributed by atoms with Crippen LogP contribution in [-0.4, -0.2) is 0 Å². The van der Waals surface area contributed by atoms with Gasteiger partial charge in [0.2, 0.25) is 0 Å². The summed E-state index contributed by atoms with van der Waals surface area (Å²) in [7, 11) is 0. The minimum absolute atomic E-state index is 0.619. The topological polar surface area (TPSA) is 0 Å². The smallest absolute Gasteiger partial charge is 0.0177 e. The quantitative estimate of drug-likeness (QED) is 0.542. The van der Waals surface area contributed by atoms with Gasteiger partial charge in [-0.25, -0.2) is 0 Å². The highest BCUT2D eigenvalue weighted by Crippen LogP contribution is 2.52. The van der Waals surface area contributed by atoms with Gasteiger partial charge in [0.05, 0.1) is 0 Å². The van der Waals surface area contributed by atoms with Crippen molar-refractivity contribution >= 4 is 0 Å². The molecular formula is C11H20. The Kier molecular flexibility index (Phi) is 2.41. The van der Waals surface area contributed by atoms with Gasteiger partial charge < -0.3 is 0 Å². The van der Waals surface area contributed by atoms with Gasteiger partial charge in [-0.15, -0.1) is 0 Å². The molecule has 0 radical (unpaired) electrons. The van der Waals surface area contributed by atoms with E-state index in [1.165, 1.54) is 12.8 Å². The summed E-state index contributed by atoms with van der Waals surface area (Å²) >= 11 is 0. The van der Waals surface area contributed by atoms with E-state index in [9.17, 15) is 0 Å². The molecule has 0 aromatic carbocycles. The van der Waals surface area contributed by atoms with Gasteiger partial charge in [-0.3, -0.25) is 0 Å². The van der Waals surface area contributed by atoms with Crippen LogP contribution >= 0.6 is 0 Å². The first-order chi connectivity index (χ1) is 5.02. The largest absolute Gasteiger partial charge is 0.0880 e. The van der Waals surface area contributed by atoms with E-state index in [1.54, 1.807) is 0 Å². The standard InChI is InChI=1S/C11H20/c1-9(2)6-5-7-10-8-11(10,3)4/h5,7,9-10H,6,8H2,1-4H3. The van der Waals surface area contributed by atoms with E-state index in [0.717, 1.165) is 11.8 Å². The molecular weight excluding hydrogens is 132 g/mol. The zero-order chi connectivity index (χ0) is 8.48. The molecule has 0 aromatic rings. The van der Waals surface area contributed by atoms with Gasteiger partial charge in [-0.2, -0.15) is 0 Å². The van der Waals surface area contributed by atoms with E-state index in [0.29, 0.717) is 5.41 Å². The van der Waals surface area contributed by atoms with E-state index in [2.05, 4.69) is 39.8 Å². The summed E-state index contributed by atoms with van der Waals surface area (Å²) in [5.41, 5.74) is 0.619. The number of rotatable bonds is 3. The van der Waals surface area contributed by atoms with Crippen LogP contribution in [0.1, 0.15) is 40.5 Å². The SMILES string of the molecule is CC(C)CC=CC1CC1(C)C. The number of hydrogen-bond acceptors (Lipinski definition) is 0. The second-order valence-corrected chi connectivity index (χ2v) is 4.86. The lowest BCUT2D eigenvalue weighted by molar-refractivity contribution is 0.606. The Balaban J connectivity index is 2.18. The fourth-order valence-corrected chi connectivity index (χ4v) is 1.35. The molecule has 1 aliphatic carbocycles. The summed E-state index contributed by atoms with van der Waals surface area (Å²) in [5.74, 6) is 1.69. The molecule has 1 saturated carbocycles. The Labute approximate surface area is 70.7 Å². The molecule has 0 amide bonds. The molecule has 1 unspecified atom stereocenters. The van der Waals surface area contributed by atoms with E-state index in [1.807, 2.05) is 0 Å². The zero-order valence-electron chi connectivity index (χ0n) is 8.22. The highest BCUT2D eigenvalue weighted by Gasteiger charge is 2.43. The van der Waals surface area contributed by atoms with E-state index in [-0.39, 0.29) is 0 Å². The van der Waals surface area contributed by atoms with Crippen molar-refractivity contribution in [2.75, 3.05) is 0 Å². The van der Waals surface area contributed by atoms with Gasteiger partial charge in [0.15, 0.2) is 0 Å². The summed E-state index contributed by atoms with van der Waals surface area (Å²) in [4.78, 5) is 0. The molecule has 0 saturated heterocycles. The molecule has 0 N–H and O–H groups in total. The molecule has 0 heteroatoms. The second kappa shape index (κ2) is 3.00. The van der Waals surface area contributed by atoms with Crippen LogP contribution in [0.25, 0.3) is 0 Å². The maximum absolute atomic E-state index is 2.40. The summed E-state index contributed by atoms with van der Waals surface area (Å²) in [5, 5.41) is 0. The molecule has 1 fully saturated rings. The van der Waals surface area contributed by atoms with Crippen molar-refractivity contribution in [3.8, 4) is 0 Å². The van der Waals surface area contributed by atoms with E-state index >= 15 is 0 Å². The molecule has 0 aromatic heterocycles. The summed E-state index contributed by atoms with van der Waals surface area (Å²) in [6.45, 7) is 9.22. The minimum Gasteiger partial charge on any atom is -0.0880 e. The average Bonchev–Trinajstić information content (AvgIpc) is 2.39. The predicted octanol–water partition coefficient (Wildman–Crippen LogP) is 3.63. The molecule has 0 bridgehead atoms. The average molecular weight is 152 g/mol. The normalized spacial score (nSPS) is 28.3. The molecule has 0 aliphatic heterocycles. The molecule has 1 rings (SSSR count). The molecule has 1 atom stereocenters. The first kappa shape index (κ1) is 8.83. The fraction of sp³-hybridized carbons (Fsp3) is 0.818. The highest BCUT2D eigenvalue weighted by atomic mass is 14.5. The van der Waals surface area contributed by atoms with Crippen LogP contribution in [0.4, 0.5) is 0 Å².